The maximum Gasteiger partial charge on any atom is 0.271 e. The fourth-order valence-corrected chi connectivity index (χ4v) is 2.50. The number of thiazole rings is 1. The van der Waals surface area contributed by atoms with Gasteiger partial charge in [-0.2, -0.15) is 0 Å². The van der Waals surface area contributed by atoms with Crippen molar-refractivity contribution in [1.29, 1.82) is 0 Å². The lowest BCUT2D eigenvalue weighted by Crippen LogP contribution is -2.24. The number of nitrogens with one attached hydrogen (secondary N) is 1. The van der Waals surface area contributed by atoms with Gasteiger partial charge in [-0.15, -0.1) is 11.3 Å². The van der Waals surface area contributed by atoms with E-state index in [0.717, 1.165) is 12.1 Å². The number of rotatable bonds is 3. The summed E-state index contributed by atoms with van der Waals surface area (Å²) in [5.74, 6) is -1.84. The zero-order chi connectivity index (χ0) is 14.1. The Hall–Kier alpha value is -2.28. The van der Waals surface area contributed by atoms with Gasteiger partial charge in [0, 0.05) is 29.9 Å². The van der Waals surface area contributed by atoms with Gasteiger partial charge in [-0.05, 0) is 12.1 Å². The molecule has 3 rings (SSSR count). The van der Waals surface area contributed by atoms with Crippen LogP contribution in [0.2, 0.25) is 0 Å². The van der Waals surface area contributed by atoms with Crippen molar-refractivity contribution in [3.63, 3.8) is 0 Å². The number of fused-ring (bicyclic) bond motifs is 1. The van der Waals surface area contributed by atoms with Gasteiger partial charge in [0.2, 0.25) is 0 Å². The predicted octanol–water partition coefficient (Wildman–Crippen LogP) is 2.60. The normalized spacial score (nSPS) is 10.9. The number of hydrogen-bond acceptors (Lipinski definition) is 3. The van der Waals surface area contributed by atoms with Crippen LogP contribution < -0.4 is 5.32 Å². The number of aromatic nitrogens is 2. The van der Waals surface area contributed by atoms with Crippen LogP contribution in [0.5, 0.6) is 0 Å². The van der Waals surface area contributed by atoms with E-state index in [9.17, 15) is 13.6 Å². The van der Waals surface area contributed by atoms with Crippen molar-refractivity contribution in [3.8, 4) is 0 Å². The van der Waals surface area contributed by atoms with Crippen molar-refractivity contribution in [3.05, 3.63) is 58.9 Å². The first-order valence-electron chi connectivity index (χ1n) is 5.78. The Kier molecular flexibility index (Phi) is 3.19. The van der Waals surface area contributed by atoms with Crippen LogP contribution in [-0.2, 0) is 6.54 Å². The monoisotopic (exact) mass is 293 g/mol. The van der Waals surface area contributed by atoms with Crippen molar-refractivity contribution in [2.24, 2.45) is 0 Å². The van der Waals surface area contributed by atoms with Crippen LogP contribution in [0.1, 0.15) is 16.1 Å². The fourth-order valence-electron chi connectivity index (χ4n) is 1.80. The van der Waals surface area contributed by atoms with E-state index in [-0.39, 0.29) is 17.8 Å². The van der Waals surface area contributed by atoms with E-state index in [1.165, 1.54) is 17.4 Å². The summed E-state index contributed by atoms with van der Waals surface area (Å²) in [4.78, 5) is 16.7. The minimum Gasteiger partial charge on any atom is -0.346 e. The molecule has 1 amide bonds. The van der Waals surface area contributed by atoms with E-state index < -0.39 is 17.5 Å². The molecule has 0 fully saturated rings. The first-order valence-corrected chi connectivity index (χ1v) is 6.66. The molecule has 1 N–H and O–H groups in total. The van der Waals surface area contributed by atoms with E-state index in [1.807, 2.05) is 5.38 Å². The molecule has 0 spiro atoms. The summed E-state index contributed by atoms with van der Waals surface area (Å²) >= 11 is 1.40. The van der Waals surface area contributed by atoms with E-state index >= 15 is 0 Å². The zero-order valence-corrected chi connectivity index (χ0v) is 11.0. The number of halogens is 2. The van der Waals surface area contributed by atoms with Crippen LogP contribution >= 0.6 is 11.3 Å². The van der Waals surface area contributed by atoms with Crippen LogP contribution in [0.4, 0.5) is 8.78 Å². The van der Waals surface area contributed by atoms with Crippen LogP contribution in [0.25, 0.3) is 4.96 Å². The predicted molar refractivity (Wildman–Crippen MR) is 70.6 cm³/mol. The van der Waals surface area contributed by atoms with E-state index in [1.54, 1.807) is 16.8 Å². The van der Waals surface area contributed by atoms with Crippen LogP contribution in [0.3, 0.4) is 0 Å². The molecule has 0 radical (unpaired) electrons. The molecule has 7 heteroatoms. The Balaban J connectivity index is 1.75. The van der Waals surface area contributed by atoms with E-state index in [4.69, 9.17) is 0 Å². The molecule has 0 aliphatic heterocycles. The average Bonchev–Trinajstić information content (AvgIpc) is 2.98. The molecule has 2 aromatic heterocycles. The molecule has 102 valence electrons. The van der Waals surface area contributed by atoms with E-state index in [0.29, 0.717) is 4.96 Å². The van der Waals surface area contributed by atoms with Gasteiger partial charge in [0.15, 0.2) is 4.96 Å². The smallest absolute Gasteiger partial charge is 0.271 e. The molecule has 0 saturated carbocycles. The van der Waals surface area contributed by atoms with Crippen molar-refractivity contribution in [1.82, 2.24) is 14.7 Å². The highest BCUT2D eigenvalue weighted by molar-refractivity contribution is 7.15. The summed E-state index contributed by atoms with van der Waals surface area (Å²) in [7, 11) is 0. The Morgan fingerprint density at radius 1 is 1.35 bits per heavy atom. The highest BCUT2D eigenvalue weighted by Crippen LogP contribution is 2.13. The van der Waals surface area contributed by atoms with Gasteiger partial charge in [-0.3, -0.25) is 9.20 Å². The molecule has 2 heterocycles. The lowest BCUT2D eigenvalue weighted by molar-refractivity contribution is 0.0946. The highest BCUT2D eigenvalue weighted by atomic mass is 32.1. The first kappa shape index (κ1) is 12.7. The van der Waals surface area contributed by atoms with Crippen molar-refractivity contribution in [2.45, 2.75) is 6.54 Å². The van der Waals surface area contributed by atoms with Gasteiger partial charge in [0.05, 0.1) is 0 Å². The Labute approximate surface area is 116 Å². The van der Waals surface area contributed by atoms with Gasteiger partial charge in [0.1, 0.15) is 17.3 Å². The molecule has 0 atom stereocenters. The minimum absolute atomic E-state index is 0.165. The second-order valence-corrected chi connectivity index (χ2v) is 4.97. The molecule has 0 saturated heterocycles. The Morgan fingerprint density at radius 3 is 2.80 bits per heavy atom. The van der Waals surface area contributed by atoms with Gasteiger partial charge >= 0.3 is 0 Å². The summed E-state index contributed by atoms with van der Waals surface area (Å²) in [5.41, 5.74) is 0.0514. The number of carbonyl (C=O) groups excluding carboxylic acids is 1. The summed E-state index contributed by atoms with van der Waals surface area (Å²) < 4.78 is 28.5. The molecule has 0 unspecified atom stereocenters. The van der Waals surface area contributed by atoms with E-state index in [2.05, 4.69) is 10.3 Å². The number of amides is 1. The van der Waals surface area contributed by atoms with Crippen molar-refractivity contribution >= 4 is 22.2 Å². The summed E-state index contributed by atoms with van der Waals surface area (Å²) in [6.07, 6.45) is 3.35. The fraction of sp³-hybridized carbons (Fsp3) is 0.0769. The topological polar surface area (TPSA) is 46.4 Å². The maximum atomic E-state index is 13.4. The number of benzene rings is 1. The molecular formula is C13H9F2N3OS. The van der Waals surface area contributed by atoms with Crippen LogP contribution in [0, 0.1) is 11.6 Å². The summed E-state index contributed by atoms with van der Waals surface area (Å²) in [6.45, 7) is -0.220. The van der Waals surface area contributed by atoms with Gasteiger partial charge in [-0.1, -0.05) is 6.07 Å². The molecule has 0 aliphatic rings. The number of imidazole rings is 1. The third-order valence-electron chi connectivity index (χ3n) is 2.81. The average molecular weight is 293 g/mol. The van der Waals surface area contributed by atoms with Crippen LogP contribution in [0.15, 0.2) is 36.0 Å². The quantitative estimate of drug-likeness (QED) is 0.807. The third kappa shape index (κ3) is 2.27. The molecule has 4 nitrogen and oxygen atoms in total. The molecular weight excluding hydrogens is 284 g/mol. The van der Waals surface area contributed by atoms with Gasteiger partial charge in [-0.25, -0.2) is 13.8 Å². The van der Waals surface area contributed by atoms with Gasteiger partial charge < -0.3 is 5.32 Å². The van der Waals surface area contributed by atoms with Crippen LogP contribution in [-0.4, -0.2) is 15.3 Å². The molecule has 1 aromatic carbocycles. The Morgan fingerprint density at radius 2 is 2.10 bits per heavy atom. The highest BCUT2D eigenvalue weighted by Gasteiger charge is 2.13. The SMILES string of the molecule is O=C(NCc1c(F)cccc1F)c1cn2ccsc2n1. The maximum absolute atomic E-state index is 13.4. The number of carbonyl (C=O) groups is 1. The zero-order valence-electron chi connectivity index (χ0n) is 10.1. The molecule has 20 heavy (non-hydrogen) atoms. The summed E-state index contributed by atoms with van der Waals surface area (Å²) in [6, 6.07) is 3.58. The number of hydrogen-bond donors (Lipinski definition) is 1. The first-order chi connectivity index (χ1) is 9.65. The second-order valence-electron chi connectivity index (χ2n) is 4.10. The standard InChI is InChI=1S/C13H9F2N3OS/c14-9-2-1-3-10(15)8(9)6-16-12(19)11-7-18-4-5-20-13(18)17-11/h1-5,7H,6H2,(H,16,19). The lowest BCUT2D eigenvalue weighted by atomic mass is 10.2. The van der Waals surface area contributed by atoms with Crippen molar-refractivity contribution < 1.29 is 13.6 Å². The number of nitrogens with zero attached hydrogens (tertiary/aromatic N) is 2. The minimum atomic E-state index is -0.684. The lowest BCUT2D eigenvalue weighted by Gasteiger charge is -2.05. The largest absolute Gasteiger partial charge is 0.346 e. The Bertz CT molecular complexity index is 732. The third-order valence-corrected chi connectivity index (χ3v) is 3.58. The molecule has 0 aliphatic carbocycles. The molecule has 3 aromatic rings. The molecule has 0 bridgehead atoms. The summed E-state index contributed by atoms with van der Waals surface area (Å²) in [5, 5.41) is 4.30. The second kappa shape index (κ2) is 5.01. The van der Waals surface area contributed by atoms with Crippen molar-refractivity contribution in [2.75, 3.05) is 0 Å². The van der Waals surface area contributed by atoms with Gasteiger partial charge in [0.25, 0.3) is 5.91 Å².